The molecule has 0 fully saturated rings. The van der Waals surface area contributed by atoms with Crippen molar-refractivity contribution in [3.8, 4) is 0 Å². The average Bonchev–Trinajstić information content (AvgIpc) is 2.24. The number of ether oxygens (including phenoxy) is 1. The van der Waals surface area contributed by atoms with Crippen LogP contribution in [0.1, 0.15) is 22.3 Å². The smallest absolute Gasteiger partial charge is 0.332 e. The highest BCUT2D eigenvalue weighted by molar-refractivity contribution is 5.70. The molecule has 0 amide bonds. The van der Waals surface area contributed by atoms with E-state index in [1.807, 2.05) is 32.9 Å². The molecule has 0 aromatic heterocycles. The first-order valence-corrected chi connectivity index (χ1v) is 4.88. The van der Waals surface area contributed by atoms with E-state index in [1.54, 1.807) is 0 Å². The van der Waals surface area contributed by atoms with Gasteiger partial charge in [-0.15, -0.1) is 0 Å². The molecule has 0 spiro atoms. The summed E-state index contributed by atoms with van der Waals surface area (Å²) in [6, 6.07) is 3.95. The van der Waals surface area contributed by atoms with Crippen LogP contribution in [-0.4, -0.2) is 17.7 Å². The number of aryl methyl sites for hydroxylation is 1. The lowest BCUT2D eigenvalue weighted by atomic mass is 9.99. The van der Waals surface area contributed by atoms with Crippen molar-refractivity contribution in [2.45, 2.75) is 27.4 Å². The number of benzene rings is 1. The maximum absolute atomic E-state index is 10.8. The van der Waals surface area contributed by atoms with Crippen molar-refractivity contribution in [1.82, 2.24) is 0 Å². The van der Waals surface area contributed by atoms with Crippen LogP contribution in [0.25, 0.3) is 0 Å². The minimum Gasteiger partial charge on any atom is -0.459 e. The summed E-state index contributed by atoms with van der Waals surface area (Å²) in [5, 5.41) is 8.51. The largest absolute Gasteiger partial charge is 0.459 e. The quantitative estimate of drug-likeness (QED) is 0.768. The average molecular weight is 208 g/mol. The minimum atomic E-state index is -0.590. The van der Waals surface area contributed by atoms with Gasteiger partial charge in [0.1, 0.15) is 13.2 Å². The van der Waals surface area contributed by atoms with E-state index < -0.39 is 12.6 Å². The van der Waals surface area contributed by atoms with Crippen LogP contribution in [0.4, 0.5) is 0 Å². The van der Waals surface area contributed by atoms with E-state index in [1.165, 1.54) is 11.1 Å². The van der Waals surface area contributed by atoms with E-state index in [4.69, 9.17) is 9.84 Å². The third-order valence-corrected chi connectivity index (χ3v) is 2.69. The van der Waals surface area contributed by atoms with Crippen LogP contribution >= 0.6 is 0 Å². The van der Waals surface area contributed by atoms with Crippen LogP contribution in [-0.2, 0) is 16.1 Å². The SMILES string of the molecule is Cc1ccc(COC(=O)CO)c(C)c1C. The van der Waals surface area contributed by atoms with Gasteiger partial charge in [-0.25, -0.2) is 4.79 Å². The molecular formula is C12H16O3. The first-order chi connectivity index (χ1) is 7.06. The van der Waals surface area contributed by atoms with Gasteiger partial charge >= 0.3 is 5.97 Å². The monoisotopic (exact) mass is 208 g/mol. The Morgan fingerprint density at radius 1 is 1.27 bits per heavy atom. The lowest BCUT2D eigenvalue weighted by Gasteiger charge is -2.11. The molecule has 0 atom stereocenters. The molecular weight excluding hydrogens is 192 g/mol. The predicted molar refractivity (Wildman–Crippen MR) is 57.5 cm³/mol. The second-order valence-electron chi connectivity index (χ2n) is 3.61. The lowest BCUT2D eigenvalue weighted by molar-refractivity contribution is -0.148. The van der Waals surface area contributed by atoms with E-state index in [0.717, 1.165) is 11.1 Å². The van der Waals surface area contributed by atoms with Gasteiger partial charge in [-0.3, -0.25) is 0 Å². The van der Waals surface area contributed by atoms with E-state index in [2.05, 4.69) is 0 Å². The molecule has 0 aliphatic heterocycles. The topological polar surface area (TPSA) is 46.5 Å². The molecule has 0 heterocycles. The Morgan fingerprint density at radius 3 is 2.53 bits per heavy atom. The van der Waals surface area contributed by atoms with Crippen molar-refractivity contribution in [2.75, 3.05) is 6.61 Å². The summed E-state index contributed by atoms with van der Waals surface area (Å²) in [5.41, 5.74) is 4.57. The first-order valence-electron chi connectivity index (χ1n) is 4.88. The number of aliphatic hydroxyl groups excluding tert-OH is 1. The van der Waals surface area contributed by atoms with Crippen LogP contribution in [0.3, 0.4) is 0 Å². The Kier molecular flexibility index (Phi) is 3.86. The summed E-state index contributed by atoms with van der Waals surface area (Å²) in [4.78, 5) is 10.8. The Balaban J connectivity index is 2.78. The molecule has 1 N–H and O–H groups in total. The molecule has 0 unspecified atom stereocenters. The zero-order chi connectivity index (χ0) is 11.4. The van der Waals surface area contributed by atoms with Crippen molar-refractivity contribution in [3.05, 3.63) is 34.4 Å². The number of aliphatic hydroxyl groups is 1. The molecule has 1 aromatic rings. The number of carbonyl (C=O) groups excluding carboxylic acids is 1. The van der Waals surface area contributed by atoms with Crippen LogP contribution in [0.2, 0.25) is 0 Å². The standard InChI is InChI=1S/C12H16O3/c1-8-4-5-11(10(3)9(8)2)7-15-12(14)6-13/h4-5,13H,6-7H2,1-3H3. The summed E-state index contributed by atoms with van der Waals surface area (Å²) in [5.74, 6) is -0.590. The fourth-order valence-corrected chi connectivity index (χ4v) is 1.37. The maximum Gasteiger partial charge on any atom is 0.332 e. The third-order valence-electron chi connectivity index (χ3n) is 2.69. The van der Waals surface area contributed by atoms with Crippen molar-refractivity contribution in [1.29, 1.82) is 0 Å². The van der Waals surface area contributed by atoms with Gasteiger partial charge in [-0.1, -0.05) is 12.1 Å². The van der Waals surface area contributed by atoms with Crippen LogP contribution < -0.4 is 0 Å². The minimum absolute atomic E-state index is 0.229. The first kappa shape index (κ1) is 11.7. The molecule has 82 valence electrons. The molecule has 1 rings (SSSR count). The molecule has 0 bridgehead atoms. The molecule has 0 saturated carbocycles. The summed E-state index contributed by atoms with van der Waals surface area (Å²) in [6.07, 6.45) is 0. The molecule has 1 aromatic carbocycles. The van der Waals surface area contributed by atoms with E-state index in [9.17, 15) is 4.79 Å². The van der Waals surface area contributed by atoms with Gasteiger partial charge in [0.15, 0.2) is 0 Å². The Bertz CT molecular complexity index is 369. The second kappa shape index (κ2) is 4.94. The third kappa shape index (κ3) is 2.80. The number of rotatable bonds is 3. The van der Waals surface area contributed by atoms with Gasteiger partial charge in [0, 0.05) is 0 Å². The summed E-state index contributed by atoms with van der Waals surface area (Å²) in [7, 11) is 0. The van der Waals surface area contributed by atoms with Crippen LogP contribution in [0, 0.1) is 20.8 Å². The summed E-state index contributed by atoms with van der Waals surface area (Å²) < 4.78 is 4.86. The number of carbonyl (C=O) groups is 1. The zero-order valence-electron chi connectivity index (χ0n) is 9.33. The normalized spacial score (nSPS) is 10.1. The van der Waals surface area contributed by atoms with Gasteiger partial charge in [0.2, 0.25) is 0 Å². The molecule has 0 aliphatic rings. The van der Waals surface area contributed by atoms with E-state index >= 15 is 0 Å². The molecule has 0 saturated heterocycles. The zero-order valence-corrected chi connectivity index (χ0v) is 9.33. The van der Waals surface area contributed by atoms with Crippen molar-refractivity contribution >= 4 is 5.97 Å². The number of hydrogen-bond acceptors (Lipinski definition) is 3. The molecule has 0 aliphatic carbocycles. The van der Waals surface area contributed by atoms with Crippen molar-refractivity contribution < 1.29 is 14.6 Å². The van der Waals surface area contributed by atoms with Crippen molar-refractivity contribution in [2.24, 2.45) is 0 Å². The summed E-state index contributed by atoms with van der Waals surface area (Å²) >= 11 is 0. The predicted octanol–water partition coefficient (Wildman–Crippen LogP) is 1.65. The Morgan fingerprint density at radius 2 is 1.93 bits per heavy atom. The maximum atomic E-state index is 10.8. The Hall–Kier alpha value is -1.35. The molecule has 3 nitrogen and oxygen atoms in total. The van der Waals surface area contributed by atoms with Gasteiger partial charge in [0.05, 0.1) is 0 Å². The van der Waals surface area contributed by atoms with Gasteiger partial charge in [0.25, 0.3) is 0 Å². The highest BCUT2D eigenvalue weighted by atomic mass is 16.5. The number of hydrogen-bond donors (Lipinski definition) is 1. The van der Waals surface area contributed by atoms with Crippen molar-refractivity contribution in [3.63, 3.8) is 0 Å². The van der Waals surface area contributed by atoms with Crippen LogP contribution in [0.15, 0.2) is 12.1 Å². The van der Waals surface area contributed by atoms with Crippen LogP contribution in [0.5, 0.6) is 0 Å². The summed E-state index contributed by atoms with van der Waals surface area (Å²) in [6.45, 7) is 5.76. The lowest BCUT2D eigenvalue weighted by Crippen LogP contribution is -2.09. The van der Waals surface area contributed by atoms with E-state index in [0.29, 0.717) is 0 Å². The highest BCUT2D eigenvalue weighted by Crippen LogP contribution is 2.17. The van der Waals surface area contributed by atoms with Gasteiger partial charge in [-0.05, 0) is 43.0 Å². The molecule has 15 heavy (non-hydrogen) atoms. The fourth-order valence-electron chi connectivity index (χ4n) is 1.37. The second-order valence-corrected chi connectivity index (χ2v) is 3.61. The molecule has 0 radical (unpaired) electrons. The highest BCUT2D eigenvalue weighted by Gasteiger charge is 2.06. The van der Waals surface area contributed by atoms with E-state index in [-0.39, 0.29) is 6.61 Å². The number of esters is 1. The van der Waals surface area contributed by atoms with Gasteiger partial charge < -0.3 is 9.84 Å². The molecule has 3 heteroatoms. The Labute approximate surface area is 89.7 Å². The van der Waals surface area contributed by atoms with Gasteiger partial charge in [-0.2, -0.15) is 0 Å². The fraction of sp³-hybridized carbons (Fsp3) is 0.417.